The molecule has 114 valence electrons. The molecule has 0 atom stereocenters. The van der Waals surface area contributed by atoms with E-state index in [2.05, 4.69) is 10.9 Å². The van der Waals surface area contributed by atoms with Crippen LogP contribution in [0.1, 0.15) is 48.9 Å². The zero-order valence-corrected chi connectivity index (χ0v) is 12.4. The van der Waals surface area contributed by atoms with Gasteiger partial charge >= 0.3 is 0 Å². The van der Waals surface area contributed by atoms with Crippen molar-refractivity contribution in [3.05, 3.63) is 34.9 Å². The van der Waals surface area contributed by atoms with Crippen LogP contribution in [0.2, 0.25) is 5.02 Å². The molecule has 1 fully saturated rings. The Balaban J connectivity index is 1.80. The number of benzene rings is 1. The van der Waals surface area contributed by atoms with Crippen molar-refractivity contribution in [1.82, 2.24) is 10.9 Å². The van der Waals surface area contributed by atoms with Gasteiger partial charge in [0.05, 0.1) is 12.0 Å². The number of carbonyl (C=O) groups excluding carboxylic acids is 2. The number of rotatable bonds is 3. The van der Waals surface area contributed by atoms with Crippen LogP contribution in [0, 0.1) is 0 Å². The normalized spacial score (nSPS) is 17.0. The molecule has 6 heteroatoms. The molecule has 2 amide bonds. The zero-order valence-electron chi connectivity index (χ0n) is 11.7. The number of amides is 2. The Kier molecular flexibility index (Phi) is 5.20. The molecule has 0 bridgehead atoms. The summed E-state index contributed by atoms with van der Waals surface area (Å²) in [6.07, 6.45) is 4.23. The van der Waals surface area contributed by atoms with Crippen molar-refractivity contribution in [2.24, 2.45) is 0 Å². The molecule has 0 aliphatic heterocycles. The number of hydrogen-bond acceptors (Lipinski definition) is 3. The molecule has 1 aromatic carbocycles. The van der Waals surface area contributed by atoms with Crippen molar-refractivity contribution in [1.29, 1.82) is 0 Å². The molecule has 0 saturated heterocycles. The molecular formula is C15H19ClN2O3. The van der Waals surface area contributed by atoms with Gasteiger partial charge in [-0.2, -0.15) is 0 Å². The molecule has 1 saturated carbocycles. The Morgan fingerprint density at radius 3 is 2.33 bits per heavy atom. The first-order valence-electron chi connectivity index (χ1n) is 7.06. The number of carbonyl (C=O) groups is 2. The van der Waals surface area contributed by atoms with E-state index in [1.165, 1.54) is 0 Å². The molecular weight excluding hydrogens is 292 g/mol. The second-order valence-electron chi connectivity index (χ2n) is 5.47. The summed E-state index contributed by atoms with van der Waals surface area (Å²) in [5.41, 5.74) is 4.13. The standard InChI is InChI=1S/C15H19ClN2O3/c16-12-6-4-11(5-7-12)14(20)18-17-13(19)10-15(21)8-2-1-3-9-15/h4-7,21H,1-3,8-10H2,(H,17,19)(H,18,20). The van der Waals surface area contributed by atoms with E-state index in [0.29, 0.717) is 23.4 Å². The summed E-state index contributed by atoms with van der Waals surface area (Å²) >= 11 is 5.74. The average Bonchev–Trinajstić information content (AvgIpc) is 2.46. The highest BCUT2D eigenvalue weighted by atomic mass is 35.5. The molecule has 1 aliphatic carbocycles. The van der Waals surface area contributed by atoms with E-state index < -0.39 is 11.5 Å². The van der Waals surface area contributed by atoms with Crippen LogP contribution >= 0.6 is 11.6 Å². The third kappa shape index (κ3) is 4.72. The van der Waals surface area contributed by atoms with Gasteiger partial charge in [0, 0.05) is 10.6 Å². The average molecular weight is 311 g/mol. The fourth-order valence-corrected chi connectivity index (χ4v) is 2.66. The van der Waals surface area contributed by atoms with Crippen LogP contribution in [0.5, 0.6) is 0 Å². The van der Waals surface area contributed by atoms with Crippen molar-refractivity contribution in [3.8, 4) is 0 Å². The molecule has 0 spiro atoms. The van der Waals surface area contributed by atoms with Crippen LogP contribution in [0.4, 0.5) is 0 Å². The third-order valence-corrected chi connectivity index (χ3v) is 3.95. The Morgan fingerprint density at radius 1 is 1.10 bits per heavy atom. The van der Waals surface area contributed by atoms with Gasteiger partial charge in [-0.05, 0) is 37.1 Å². The van der Waals surface area contributed by atoms with Crippen molar-refractivity contribution in [3.63, 3.8) is 0 Å². The predicted octanol–water partition coefficient (Wildman–Crippen LogP) is 2.19. The van der Waals surface area contributed by atoms with Crippen molar-refractivity contribution < 1.29 is 14.7 Å². The second-order valence-corrected chi connectivity index (χ2v) is 5.91. The Bertz CT molecular complexity index is 510. The van der Waals surface area contributed by atoms with Gasteiger partial charge in [0.1, 0.15) is 0 Å². The van der Waals surface area contributed by atoms with Gasteiger partial charge < -0.3 is 5.11 Å². The Morgan fingerprint density at radius 2 is 1.71 bits per heavy atom. The van der Waals surface area contributed by atoms with Crippen molar-refractivity contribution >= 4 is 23.4 Å². The number of hydrogen-bond donors (Lipinski definition) is 3. The molecule has 0 unspecified atom stereocenters. The highest BCUT2D eigenvalue weighted by Gasteiger charge is 2.31. The highest BCUT2D eigenvalue weighted by Crippen LogP contribution is 2.30. The van der Waals surface area contributed by atoms with Gasteiger partial charge in [-0.15, -0.1) is 0 Å². The van der Waals surface area contributed by atoms with Crippen LogP contribution in [-0.4, -0.2) is 22.5 Å². The minimum atomic E-state index is -0.937. The molecule has 0 heterocycles. The molecule has 1 aromatic rings. The first kappa shape index (κ1) is 15.8. The predicted molar refractivity (Wildman–Crippen MR) is 79.7 cm³/mol. The lowest BCUT2D eigenvalue weighted by Gasteiger charge is -2.31. The zero-order chi connectivity index (χ0) is 15.3. The van der Waals surface area contributed by atoms with E-state index in [0.717, 1.165) is 19.3 Å². The molecule has 3 N–H and O–H groups in total. The van der Waals surface area contributed by atoms with Crippen molar-refractivity contribution in [2.75, 3.05) is 0 Å². The van der Waals surface area contributed by atoms with E-state index in [1.54, 1.807) is 24.3 Å². The first-order valence-corrected chi connectivity index (χ1v) is 7.43. The summed E-state index contributed by atoms with van der Waals surface area (Å²) in [5.74, 6) is -0.808. The lowest BCUT2D eigenvalue weighted by molar-refractivity contribution is -0.128. The largest absolute Gasteiger partial charge is 0.389 e. The lowest BCUT2D eigenvalue weighted by Crippen LogP contribution is -2.45. The maximum atomic E-state index is 11.8. The van der Waals surface area contributed by atoms with Gasteiger partial charge in [0.15, 0.2) is 0 Å². The van der Waals surface area contributed by atoms with Gasteiger partial charge in [0.25, 0.3) is 5.91 Å². The van der Waals surface area contributed by atoms with E-state index in [-0.39, 0.29) is 12.3 Å². The summed E-state index contributed by atoms with van der Waals surface area (Å²) < 4.78 is 0. The fraction of sp³-hybridized carbons (Fsp3) is 0.467. The maximum absolute atomic E-state index is 11.8. The summed E-state index contributed by atoms with van der Waals surface area (Å²) in [6, 6.07) is 6.34. The van der Waals surface area contributed by atoms with E-state index in [9.17, 15) is 14.7 Å². The Hall–Kier alpha value is -1.59. The molecule has 0 aromatic heterocycles. The fourth-order valence-electron chi connectivity index (χ4n) is 2.53. The number of halogens is 1. The van der Waals surface area contributed by atoms with Crippen LogP contribution in [0.25, 0.3) is 0 Å². The minimum Gasteiger partial charge on any atom is -0.389 e. The van der Waals surface area contributed by atoms with Crippen LogP contribution < -0.4 is 10.9 Å². The number of hydrazine groups is 1. The molecule has 2 rings (SSSR count). The van der Waals surface area contributed by atoms with Crippen LogP contribution in [0.3, 0.4) is 0 Å². The Labute approximate surface area is 128 Å². The summed E-state index contributed by atoms with van der Waals surface area (Å²) in [6.45, 7) is 0. The lowest BCUT2D eigenvalue weighted by atomic mass is 9.82. The van der Waals surface area contributed by atoms with Crippen LogP contribution in [0.15, 0.2) is 24.3 Å². The van der Waals surface area contributed by atoms with E-state index in [1.807, 2.05) is 0 Å². The quantitative estimate of drug-likeness (QED) is 0.749. The minimum absolute atomic E-state index is 0.00784. The first-order chi connectivity index (χ1) is 9.98. The topological polar surface area (TPSA) is 78.4 Å². The van der Waals surface area contributed by atoms with Gasteiger partial charge in [-0.1, -0.05) is 30.9 Å². The highest BCUT2D eigenvalue weighted by molar-refractivity contribution is 6.30. The summed E-state index contributed by atoms with van der Waals surface area (Å²) in [4.78, 5) is 23.6. The molecule has 5 nitrogen and oxygen atoms in total. The maximum Gasteiger partial charge on any atom is 0.269 e. The molecule has 0 radical (unpaired) electrons. The smallest absolute Gasteiger partial charge is 0.269 e. The van der Waals surface area contributed by atoms with Crippen molar-refractivity contribution in [2.45, 2.75) is 44.1 Å². The van der Waals surface area contributed by atoms with E-state index >= 15 is 0 Å². The van der Waals surface area contributed by atoms with Crippen LogP contribution in [-0.2, 0) is 4.79 Å². The SMILES string of the molecule is O=C(CC1(O)CCCCC1)NNC(=O)c1ccc(Cl)cc1. The number of nitrogens with one attached hydrogen (secondary N) is 2. The third-order valence-electron chi connectivity index (χ3n) is 3.70. The summed E-state index contributed by atoms with van der Waals surface area (Å²) in [7, 11) is 0. The second kappa shape index (κ2) is 6.91. The van der Waals surface area contributed by atoms with Gasteiger partial charge in [0.2, 0.25) is 5.91 Å². The molecule has 1 aliphatic rings. The van der Waals surface area contributed by atoms with Gasteiger partial charge in [-0.25, -0.2) is 0 Å². The van der Waals surface area contributed by atoms with Gasteiger partial charge in [-0.3, -0.25) is 20.4 Å². The molecule has 21 heavy (non-hydrogen) atoms. The van der Waals surface area contributed by atoms with E-state index in [4.69, 9.17) is 11.6 Å². The monoisotopic (exact) mass is 310 g/mol. The number of aliphatic hydroxyl groups is 1. The summed E-state index contributed by atoms with van der Waals surface area (Å²) in [5, 5.41) is 10.8.